The second-order valence-electron chi connectivity index (χ2n) is 5.96. The van der Waals surface area contributed by atoms with Crippen molar-refractivity contribution < 1.29 is 0 Å². The Kier molecular flexibility index (Phi) is 4.60. The SMILES string of the molecule is CCCN(CC1CC1)CC(C)(C)C(C)N. The van der Waals surface area contributed by atoms with Gasteiger partial charge in [0.1, 0.15) is 0 Å². The fourth-order valence-electron chi connectivity index (χ4n) is 1.94. The molecule has 90 valence electrons. The van der Waals surface area contributed by atoms with Crippen LogP contribution in [0.2, 0.25) is 0 Å². The maximum Gasteiger partial charge on any atom is 0.00739 e. The minimum absolute atomic E-state index is 0.240. The summed E-state index contributed by atoms with van der Waals surface area (Å²) in [5, 5.41) is 0. The highest BCUT2D eigenvalue weighted by molar-refractivity contribution is 4.84. The van der Waals surface area contributed by atoms with Crippen LogP contribution in [-0.4, -0.2) is 30.6 Å². The van der Waals surface area contributed by atoms with Crippen molar-refractivity contribution in [1.82, 2.24) is 4.90 Å². The Bertz CT molecular complexity index is 183. The molecule has 0 heterocycles. The van der Waals surface area contributed by atoms with E-state index >= 15 is 0 Å². The van der Waals surface area contributed by atoms with Crippen molar-refractivity contribution in [2.24, 2.45) is 17.1 Å². The molecule has 1 fully saturated rings. The minimum Gasteiger partial charge on any atom is -0.327 e. The molecule has 2 heteroatoms. The Morgan fingerprint density at radius 3 is 2.40 bits per heavy atom. The Labute approximate surface area is 95.2 Å². The zero-order valence-corrected chi connectivity index (χ0v) is 10.9. The van der Waals surface area contributed by atoms with E-state index in [2.05, 4.69) is 32.6 Å². The largest absolute Gasteiger partial charge is 0.327 e. The van der Waals surface area contributed by atoms with Gasteiger partial charge in [-0.1, -0.05) is 20.8 Å². The molecule has 1 rings (SSSR count). The van der Waals surface area contributed by atoms with Gasteiger partial charge in [-0.15, -0.1) is 0 Å². The van der Waals surface area contributed by atoms with Gasteiger partial charge >= 0.3 is 0 Å². The normalized spacial score (nSPS) is 19.6. The maximum atomic E-state index is 6.03. The van der Waals surface area contributed by atoms with Crippen LogP contribution >= 0.6 is 0 Å². The highest BCUT2D eigenvalue weighted by Gasteiger charge is 2.29. The van der Waals surface area contributed by atoms with Crippen molar-refractivity contribution in [1.29, 1.82) is 0 Å². The lowest BCUT2D eigenvalue weighted by molar-refractivity contribution is 0.152. The minimum atomic E-state index is 0.240. The molecule has 0 aliphatic heterocycles. The van der Waals surface area contributed by atoms with Gasteiger partial charge in [-0.05, 0) is 44.1 Å². The van der Waals surface area contributed by atoms with E-state index in [1.54, 1.807) is 0 Å². The molecule has 0 radical (unpaired) electrons. The molecule has 0 aromatic rings. The van der Waals surface area contributed by atoms with Gasteiger partial charge in [0.05, 0.1) is 0 Å². The lowest BCUT2D eigenvalue weighted by Gasteiger charge is -2.35. The van der Waals surface area contributed by atoms with Crippen LogP contribution in [0, 0.1) is 11.3 Å². The first-order chi connectivity index (χ1) is 6.95. The summed E-state index contributed by atoms with van der Waals surface area (Å²) >= 11 is 0. The lowest BCUT2D eigenvalue weighted by atomic mass is 9.85. The first kappa shape index (κ1) is 13.0. The zero-order chi connectivity index (χ0) is 11.5. The summed E-state index contributed by atoms with van der Waals surface area (Å²) in [5.41, 5.74) is 6.27. The monoisotopic (exact) mass is 212 g/mol. The topological polar surface area (TPSA) is 29.3 Å². The first-order valence-electron chi connectivity index (χ1n) is 6.43. The Morgan fingerprint density at radius 1 is 1.40 bits per heavy atom. The average molecular weight is 212 g/mol. The Morgan fingerprint density at radius 2 is 2.00 bits per heavy atom. The quantitative estimate of drug-likeness (QED) is 0.702. The van der Waals surface area contributed by atoms with Crippen LogP contribution in [0.25, 0.3) is 0 Å². The van der Waals surface area contributed by atoms with Crippen molar-refractivity contribution in [3.8, 4) is 0 Å². The molecule has 1 aliphatic rings. The molecule has 15 heavy (non-hydrogen) atoms. The molecule has 0 saturated heterocycles. The molecule has 1 saturated carbocycles. The zero-order valence-electron chi connectivity index (χ0n) is 10.9. The van der Waals surface area contributed by atoms with Crippen LogP contribution in [0.4, 0.5) is 0 Å². The summed E-state index contributed by atoms with van der Waals surface area (Å²) in [6, 6.07) is 0.274. The van der Waals surface area contributed by atoms with Crippen LogP contribution in [0.1, 0.15) is 47.0 Å². The van der Waals surface area contributed by atoms with Crippen LogP contribution < -0.4 is 5.73 Å². The predicted molar refractivity (Wildman–Crippen MR) is 66.9 cm³/mol. The third-order valence-corrected chi connectivity index (χ3v) is 3.62. The van der Waals surface area contributed by atoms with E-state index in [4.69, 9.17) is 5.73 Å². The number of hydrogen-bond donors (Lipinski definition) is 1. The van der Waals surface area contributed by atoms with Gasteiger partial charge in [0.2, 0.25) is 0 Å². The molecular formula is C13H28N2. The number of rotatable bonds is 7. The van der Waals surface area contributed by atoms with Gasteiger partial charge in [-0.25, -0.2) is 0 Å². The molecule has 0 bridgehead atoms. The van der Waals surface area contributed by atoms with Crippen molar-refractivity contribution >= 4 is 0 Å². The van der Waals surface area contributed by atoms with E-state index in [1.165, 1.54) is 32.4 Å². The Balaban J connectivity index is 2.40. The summed E-state index contributed by atoms with van der Waals surface area (Å²) in [7, 11) is 0. The highest BCUT2D eigenvalue weighted by atomic mass is 15.1. The second-order valence-corrected chi connectivity index (χ2v) is 5.96. The fourth-order valence-corrected chi connectivity index (χ4v) is 1.94. The Hall–Kier alpha value is -0.0800. The van der Waals surface area contributed by atoms with Gasteiger partial charge in [0, 0.05) is 19.1 Å². The van der Waals surface area contributed by atoms with E-state index in [-0.39, 0.29) is 11.5 Å². The molecule has 0 spiro atoms. The van der Waals surface area contributed by atoms with Gasteiger partial charge < -0.3 is 10.6 Å². The third kappa shape index (κ3) is 4.52. The first-order valence-corrected chi connectivity index (χ1v) is 6.43. The molecule has 1 aliphatic carbocycles. The average Bonchev–Trinajstić information content (AvgIpc) is 2.87. The molecule has 2 nitrogen and oxygen atoms in total. The maximum absolute atomic E-state index is 6.03. The predicted octanol–water partition coefficient (Wildman–Crippen LogP) is 2.48. The van der Waals surface area contributed by atoms with E-state index in [0.717, 1.165) is 12.5 Å². The van der Waals surface area contributed by atoms with Crippen molar-refractivity contribution in [3.05, 3.63) is 0 Å². The van der Waals surface area contributed by atoms with Crippen molar-refractivity contribution in [2.75, 3.05) is 19.6 Å². The summed E-state index contributed by atoms with van der Waals surface area (Å²) in [6.07, 6.45) is 4.14. The van der Waals surface area contributed by atoms with Gasteiger partial charge in [-0.3, -0.25) is 0 Å². The van der Waals surface area contributed by atoms with Crippen LogP contribution in [0.15, 0.2) is 0 Å². The van der Waals surface area contributed by atoms with Crippen LogP contribution in [-0.2, 0) is 0 Å². The second kappa shape index (κ2) is 5.31. The summed E-state index contributed by atoms with van der Waals surface area (Å²) in [5.74, 6) is 0.987. The summed E-state index contributed by atoms with van der Waals surface area (Å²) < 4.78 is 0. The number of nitrogens with two attached hydrogens (primary N) is 1. The van der Waals surface area contributed by atoms with E-state index in [1.807, 2.05) is 0 Å². The molecular weight excluding hydrogens is 184 g/mol. The smallest absolute Gasteiger partial charge is 0.00739 e. The number of hydrogen-bond acceptors (Lipinski definition) is 2. The van der Waals surface area contributed by atoms with Crippen LogP contribution in [0.5, 0.6) is 0 Å². The third-order valence-electron chi connectivity index (χ3n) is 3.62. The molecule has 2 N–H and O–H groups in total. The van der Waals surface area contributed by atoms with Crippen molar-refractivity contribution in [3.63, 3.8) is 0 Å². The van der Waals surface area contributed by atoms with Gasteiger partial charge in [0.25, 0.3) is 0 Å². The van der Waals surface area contributed by atoms with Gasteiger partial charge in [-0.2, -0.15) is 0 Å². The standard InChI is InChI=1S/C13H28N2/c1-5-8-15(9-12-6-7-12)10-13(3,4)11(2)14/h11-12H,5-10,14H2,1-4H3. The molecule has 1 unspecified atom stereocenters. The lowest BCUT2D eigenvalue weighted by Crippen LogP contribution is -2.45. The van der Waals surface area contributed by atoms with E-state index < -0.39 is 0 Å². The fraction of sp³-hybridized carbons (Fsp3) is 1.00. The van der Waals surface area contributed by atoms with Gasteiger partial charge in [0.15, 0.2) is 0 Å². The molecule has 0 aromatic carbocycles. The molecule has 0 aromatic heterocycles. The molecule has 0 amide bonds. The van der Waals surface area contributed by atoms with E-state index in [0.29, 0.717) is 0 Å². The van der Waals surface area contributed by atoms with Crippen LogP contribution in [0.3, 0.4) is 0 Å². The number of nitrogens with zero attached hydrogens (tertiary/aromatic N) is 1. The van der Waals surface area contributed by atoms with Crippen molar-refractivity contribution in [2.45, 2.75) is 53.0 Å². The summed E-state index contributed by atoms with van der Waals surface area (Å²) in [6.45, 7) is 12.6. The van der Waals surface area contributed by atoms with E-state index in [9.17, 15) is 0 Å². The molecule has 1 atom stereocenters. The highest BCUT2D eigenvalue weighted by Crippen LogP contribution is 2.31. The summed E-state index contributed by atoms with van der Waals surface area (Å²) in [4.78, 5) is 2.61.